The molecule has 5 nitrogen and oxygen atoms in total. The number of unbranched alkanes of at least 4 members (excludes halogenated alkanes) is 3. The standard InChI is InChI=1S/C24H25NO4/c1-3-4-5-6-7-10-19-15-13-18(17-22(19)29-2)14-16-23(26)25-21-12-9-8-11-20(21)24(27)28/h1,8-9,11-17H,4-7,10H2,2H3,(H,25,26)(H,27,28)/b16-14+. The van der Waals surface area contributed by atoms with Crippen LogP contribution in [0.2, 0.25) is 0 Å². The molecule has 29 heavy (non-hydrogen) atoms. The minimum atomic E-state index is -1.09. The molecule has 2 rings (SSSR count). The van der Waals surface area contributed by atoms with Crippen LogP contribution in [-0.2, 0) is 11.2 Å². The predicted molar refractivity (Wildman–Crippen MR) is 115 cm³/mol. The highest BCUT2D eigenvalue weighted by Gasteiger charge is 2.10. The molecule has 150 valence electrons. The second-order valence-electron chi connectivity index (χ2n) is 6.51. The Morgan fingerprint density at radius 3 is 2.69 bits per heavy atom. The van der Waals surface area contributed by atoms with E-state index in [0.29, 0.717) is 0 Å². The molecule has 0 aliphatic rings. The fourth-order valence-corrected chi connectivity index (χ4v) is 2.92. The van der Waals surface area contributed by atoms with Gasteiger partial charge in [0.15, 0.2) is 0 Å². The number of anilines is 1. The van der Waals surface area contributed by atoms with Crippen LogP contribution >= 0.6 is 0 Å². The molecule has 0 aliphatic carbocycles. The Bertz CT molecular complexity index is 925. The van der Waals surface area contributed by atoms with Crippen LogP contribution in [0, 0.1) is 12.3 Å². The zero-order valence-corrected chi connectivity index (χ0v) is 16.5. The molecule has 0 aliphatic heterocycles. The van der Waals surface area contributed by atoms with Crippen LogP contribution in [0.5, 0.6) is 5.75 Å². The van der Waals surface area contributed by atoms with Gasteiger partial charge in [-0.25, -0.2) is 4.79 Å². The molecule has 0 heterocycles. The van der Waals surface area contributed by atoms with Gasteiger partial charge >= 0.3 is 5.97 Å². The first-order valence-electron chi connectivity index (χ1n) is 9.47. The minimum absolute atomic E-state index is 0.0440. The molecular formula is C24H25NO4. The van der Waals surface area contributed by atoms with E-state index >= 15 is 0 Å². The zero-order chi connectivity index (χ0) is 21.1. The van der Waals surface area contributed by atoms with Crippen molar-refractivity contribution in [2.75, 3.05) is 12.4 Å². The molecule has 0 aromatic heterocycles. The van der Waals surface area contributed by atoms with Crippen LogP contribution in [-0.4, -0.2) is 24.1 Å². The van der Waals surface area contributed by atoms with Crippen molar-refractivity contribution in [3.63, 3.8) is 0 Å². The van der Waals surface area contributed by atoms with Crippen LogP contribution < -0.4 is 10.1 Å². The quantitative estimate of drug-likeness (QED) is 0.347. The summed E-state index contributed by atoms with van der Waals surface area (Å²) in [6, 6.07) is 12.1. The zero-order valence-electron chi connectivity index (χ0n) is 16.5. The summed E-state index contributed by atoms with van der Waals surface area (Å²) in [5.41, 5.74) is 2.24. The van der Waals surface area contributed by atoms with Gasteiger partial charge in [0.25, 0.3) is 0 Å². The Hall–Kier alpha value is -3.52. The summed E-state index contributed by atoms with van der Waals surface area (Å²) >= 11 is 0. The number of carboxylic acid groups (broad SMARTS) is 1. The average Bonchev–Trinajstić information content (AvgIpc) is 2.72. The second kappa shape index (κ2) is 11.4. The molecule has 2 aromatic rings. The number of para-hydroxylation sites is 1. The number of carboxylic acids is 1. The van der Waals surface area contributed by atoms with Crippen molar-refractivity contribution in [1.29, 1.82) is 0 Å². The summed E-state index contributed by atoms with van der Waals surface area (Å²) in [5.74, 6) is 1.93. The van der Waals surface area contributed by atoms with Crippen molar-refractivity contribution < 1.29 is 19.4 Å². The van der Waals surface area contributed by atoms with E-state index in [2.05, 4.69) is 11.2 Å². The summed E-state index contributed by atoms with van der Waals surface area (Å²) in [4.78, 5) is 23.4. The monoisotopic (exact) mass is 391 g/mol. The van der Waals surface area contributed by atoms with Crippen LogP contribution in [0.15, 0.2) is 48.5 Å². The lowest BCUT2D eigenvalue weighted by atomic mass is 10.0. The van der Waals surface area contributed by atoms with Crippen molar-refractivity contribution in [2.45, 2.75) is 32.1 Å². The van der Waals surface area contributed by atoms with E-state index in [-0.39, 0.29) is 11.3 Å². The molecule has 0 saturated carbocycles. The molecule has 0 fully saturated rings. The Balaban J connectivity index is 2.00. The van der Waals surface area contributed by atoms with Crippen molar-refractivity contribution in [1.82, 2.24) is 0 Å². The van der Waals surface area contributed by atoms with Gasteiger partial charge < -0.3 is 15.2 Å². The summed E-state index contributed by atoms with van der Waals surface area (Å²) in [6.07, 6.45) is 13.2. The first kappa shape index (κ1) is 21.8. The molecular weight excluding hydrogens is 366 g/mol. The maximum atomic E-state index is 12.2. The number of carbonyl (C=O) groups is 2. The van der Waals surface area contributed by atoms with Gasteiger partial charge in [-0.15, -0.1) is 12.3 Å². The van der Waals surface area contributed by atoms with Gasteiger partial charge in [0.1, 0.15) is 5.75 Å². The number of hydrogen-bond acceptors (Lipinski definition) is 3. The Morgan fingerprint density at radius 2 is 1.97 bits per heavy atom. The summed E-state index contributed by atoms with van der Waals surface area (Å²) in [5, 5.41) is 11.8. The predicted octanol–water partition coefficient (Wildman–Crippen LogP) is 4.78. The lowest BCUT2D eigenvalue weighted by Crippen LogP contribution is -2.11. The number of amides is 1. The van der Waals surface area contributed by atoms with Gasteiger partial charge in [-0.05, 0) is 54.7 Å². The first-order chi connectivity index (χ1) is 14.0. The summed E-state index contributed by atoms with van der Waals surface area (Å²) in [7, 11) is 1.63. The summed E-state index contributed by atoms with van der Waals surface area (Å²) < 4.78 is 5.48. The van der Waals surface area contributed by atoms with Gasteiger partial charge in [-0.2, -0.15) is 0 Å². The van der Waals surface area contributed by atoms with Crippen LogP contribution in [0.25, 0.3) is 6.08 Å². The molecule has 0 spiro atoms. The number of ether oxygens (including phenoxy) is 1. The fourth-order valence-electron chi connectivity index (χ4n) is 2.92. The average molecular weight is 391 g/mol. The number of hydrogen-bond donors (Lipinski definition) is 2. The molecule has 0 bridgehead atoms. The normalized spacial score (nSPS) is 10.5. The van der Waals surface area contributed by atoms with Gasteiger partial charge in [-0.3, -0.25) is 4.79 Å². The third kappa shape index (κ3) is 6.86. The maximum Gasteiger partial charge on any atom is 0.337 e. The van der Waals surface area contributed by atoms with E-state index in [0.717, 1.165) is 49.0 Å². The third-order valence-corrected chi connectivity index (χ3v) is 4.42. The highest BCUT2D eigenvalue weighted by atomic mass is 16.5. The highest BCUT2D eigenvalue weighted by molar-refractivity contribution is 6.06. The van der Waals surface area contributed by atoms with E-state index in [9.17, 15) is 14.7 Å². The number of nitrogens with one attached hydrogen (secondary N) is 1. The number of rotatable bonds is 10. The maximum absolute atomic E-state index is 12.2. The molecule has 0 saturated heterocycles. The molecule has 2 aromatic carbocycles. The second-order valence-corrected chi connectivity index (χ2v) is 6.51. The van der Waals surface area contributed by atoms with Gasteiger partial charge in [-0.1, -0.05) is 30.7 Å². The van der Waals surface area contributed by atoms with Gasteiger partial charge in [0.05, 0.1) is 18.4 Å². The van der Waals surface area contributed by atoms with Crippen molar-refractivity contribution >= 4 is 23.6 Å². The number of carbonyl (C=O) groups excluding carboxylic acids is 1. The Morgan fingerprint density at radius 1 is 1.17 bits per heavy atom. The van der Waals surface area contributed by atoms with E-state index in [1.807, 2.05) is 18.2 Å². The fraction of sp³-hybridized carbons (Fsp3) is 0.250. The molecule has 0 radical (unpaired) electrons. The van der Waals surface area contributed by atoms with Crippen molar-refractivity contribution in [3.8, 4) is 18.1 Å². The number of aryl methyl sites for hydroxylation is 1. The van der Waals surface area contributed by atoms with Crippen molar-refractivity contribution in [3.05, 3.63) is 65.2 Å². The lowest BCUT2D eigenvalue weighted by Gasteiger charge is -2.09. The first-order valence-corrected chi connectivity index (χ1v) is 9.47. The van der Waals surface area contributed by atoms with E-state index in [1.165, 1.54) is 12.1 Å². The number of benzene rings is 2. The molecule has 0 atom stereocenters. The van der Waals surface area contributed by atoms with Gasteiger partial charge in [0, 0.05) is 12.5 Å². The van der Waals surface area contributed by atoms with E-state index in [1.54, 1.807) is 31.4 Å². The van der Waals surface area contributed by atoms with Crippen LogP contribution in [0.4, 0.5) is 5.69 Å². The van der Waals surface area contributed by atoms with Gasteiger partial charge in [0.2, 0.25) is 5.91 Å². The van der Waals surface area contributed by atoms with Crippen LogP contribution in [0.3, 0.4) is 0 Å². The molecule has 5 heteroatoms. The van der Waals surface area contributed by atoms with E-state index < -0.39 is 11.9 Å². The Labute approximate surface area is 171 Å². The largest absolute Gasteiger partial charge is 0.496 e. The lowest BCUT2D eigenvalue weighted by molar-refractivity contribution is -0.111. The van der Waals surface area contributed by atoms with Crippen molar-refractivity contribution in [2.24, 2.45) is 0 Å². The Kier molecular flexibility index (Phi) is 8.52. The topological polar surface area (TPSA) is 75.6 Å². The third-order valence-electron chi connectivity index (χ3n) is 4.42. The number of aromatic carboxylic acids is 1. The number of methoxy groups -OCH3 is 1. The molecule has 2 N–H and O–H groups in total. The minimum Gasteiger partial charge on any atom is -0.496 e. The highest BCUT2D eigenvalue weighted by Crippen LogP contribution is 2.23. The molecule has 1 amide bonds. The SMILES string of the molecule is C#CCCCCCc1ccc(/C=C/C(=O)Nc2ccccc2C(=O)O)cc1OC. The number of terminal acetylenes is 1. The smallest absolute Gasteiger partial charge is 0.337 e. The summed E-state index contributed by atoms with van der Waals surface area (Å²) in [6.45, 7) is 0. The molecule has 0 unspecified atom stereocenters. The van der Waals surface area contributed by atoms with E-state index in [4.69, 9.17) is 11.2 Å². The van der Waals surface area contributed by atoms with Crippen LogP contribution in [0.1, 0.15) is 47.2 Å².